The number of nitrogens with zero attached hydrogens (tertiary/aromatic N) is 1. The van der Waals surface area contributed by atoms with Crippen LogP contribution in [0, 0.1) is 10.7 Å². The molecule has 0 amide bonds. The number of benzene rings is 1. The van der Waals surface area contributed by atoms with E-state index in [-0.39, 0.29) is 0 Å². The van der Waals surface area contributed by atoms with E-state index in [0.29, 0.717) is 0 Å². The van der Waals surface area contributed by atoms with Gasteiger partial charge in [0.05, 0.1) is 0 Å². The van der Waals surface area contributed by atoms with Crippen molar-refractivity contribution in [2.45, 2.75) is 36.5 Å². The minimum atomic E-state index is -1.84. The standard InChI is InChI=1S/C15H22GeN2/c1-4-16(5-2,6-3)13-10-14-17-18-15-11-8-7-9-12-15/h7-9,11-12,14,18H,4-6H2,1-3H3/b17-14+. The van der Waals surface area contributed by atoms with Gasteiger partial charge in [0.2, 0.25) is 0 Å². The van der Waals surface area contributed by atoms with Crippen LogP contribution in [0.25, 0.3) is 0 Å². The number of para-hydroxylation sites is 1. The number of rotatable bonds is 5. The molecule has 0 saturated heterocycles. The first-order chi connectivity index (χ1) is 8.76. The molecular formula is C15H22GeN2. The van der Waals surface area contributed by atoms with Crippen molar-refractivity contribution in [3.8, 4) is 10.7 Å². The summed E-state index contributed by atoms with van der Waals surface area (Å²) in [5, 5.41) is 7.96. The topological polar surface area (TPSA) is 24.4 Å². The summed E-state index contributed by atoms with van der Waals surface area (Å²) >= 11 is -1.84. The fourth-order valence-electron chi connectivity index (χ4n) is 1.85. The van der Waals surface area contributed by atoms with E-state index in [9.17, 15) is 0 Å². The van der Waals surface area contributed by atoms with Crippen LogP contribution in [-0.4, -0.2) is 19.5 Å². The van der Waals surface area contributed by atoms with E-state index < -0.39 is 13.3 Å². The van der Waals surface area contributed by atoms with Crippen LogP contribution in [0.1, 0.15) is 20.8 Å². The summed E-state index contributed by atoms with van der Waals surface area (Å²) in [6.07, 6.45) is 1.69. The molecule has 0 aromatic heterocycles. The first-order valence-corrected chi connectivity index (χ1v) is 12.1. The Balaban J connectivity index is 2.55. The second-order valence-corrected chi connectivity index (χ2v) is 14.7. The fraction of sp³-hybridized carbons (Fsp3) is 0.400. The zero-order valence-corrected chi connectivity index (χ0v) is 13.6. The van der Waals surface area contributed by atoms with Gasteiger partial charge in [0, 0.05) is 0 Å². The molecule has 0 spiro atoms. The second-order valence-electron chi connectivity index (χ2n) is 4.35. The molecule has 0 heterocycles. The number of hydrogen-bond donors (Lipinski definition) is 1. The first kappa shape index (κ1) is 14.9. The molecule has 0 aliphatic rings. The van der Waals surface area contributed by atoms with Gasteiger partial charge >= 0.3 is 113 Å². The normalized spacial score (nSPS) is 11.1. The van der Waals surface area contributed by atoms with Gasteiger partial charge in [-0.2, -0.15) is 0 Å². The molecule has 0 atom stereocenters. The van der Waals surface area contributed by atoms with E-state index in [1.165, 1.54) is 15.8 Å². The third-order valence-corrected chi connectivity index (χ3v) is 13.4. The van der Waals surface area contributed by atoms with Gasteiger partial charge in [-0.3, -0.25) is 0 Å². The summed E-state index contributed by atoms with van der Waals surface area (Å²) in [5.74, 6) is 3.13. The molecule has 1 rings (SSSR count). The van der Waals surface area contributed by atoms with Crippen molar-refractivity contribution in [1.29, 1.82) is 0 Å². The Morgan fingerprint density at radius 2 is 1.72 bits per heavy atom. The number of hydrazone groups is 1. The second kappa shape index (κ2) is 7.99. The van der Waals surface area contributed by atoms with E-state index in [0.717, 1.165) is 5.69 Å². The summed E-state index contributed by atoms with van der Waals surface area (Å²) in [5.41, 5.74) is 3.96. The van der Waals surface area contributed by atoms with Crippen LogP contribution < -0.4 is 5.43 Å². The zero-order valence-electron chi connectivity index (χ0n) is 11.5. The summed E-state index contributed by atoms with van der Waals surface area (Å²) in [6, 6.07) is 9.92. The fourth-order valence-corrected chi connectivity index (χ4v) is 6.89. The molecule has 0 fully saturated rings. The van der Waals surface area contributed by atoms with Crippen molar-refractivity contribution in [2.75, 3.05) is 5.43 Å². The molecule has 0 saturated carbocycles. The Hall–Kier alpha value is -1.21. The maximum atomic E-state index is 4.13. The van der Waals surface area contributed by atoms with Gasteiger partial charge in [-0.15, -0.1) is 0 Å². The predicted octanol–water partition coefficient (Wildman–Crippen LogP) is 4.14. The van der Waals surface area contributed by atoms with Crippen LogP contribution >= 0.6 is 0 Å². The third kappa shape index (κ3) is 4.58. The van der Waals surface area contributed by atoms with Gasteiger partial charge in [-0.25, -0.2) is 0 Å². The Bertz CT molecular complexity index is 417. The van der Waals surface area contributed by atoms with Crippen LogP contribution in [0.15, 0.2) is 35.4 Å². The summed E-state index contributed by atoms with van der Waals surface area (Å²) < 4.78 is 3.52. The van der Waals surface area contributed by atoms with E-state index in [2.05, 4.69) is 42.0 Å². The molecule has 0 unspecified atom stereocenters. The SMILES string of the molecule is C[CH2][Ge]([C]#C/C=N/Nc1ccccc1)([CH2]C)[CH2]C. The average molecular weight is 303 g/mol. The zero-order chi connectivity index (χ0) is 13.3. The quantitative estimate of drug-likeness (QED) is 0.376. The number of hydrogen-bond acceptors (Lipinski definition) is 2. The Morgan fingerprint density at radius 1 is 1.11 bits per heavy atom. The van der Waals surface area contributed by atoms with Crippen molar-refractivity contribution < 1.29 is 0 Å². The van der Waals surface area contributed by atoms with E-state index in [1.807, 2.05) is 30.3 Å². The Kier molecular flexibility index (Phi) is 6.60. The molecule has 18 heavy (non-hydrogen) atoms. The third-order valence-electron chi connectivity index (χ3n) is 3.46. The van der Waals surface area contributed by atoms with Gasteiger partial charge < -0.3 is 0 Å². The molecule has 0 aliphatic heterocycles. The molecule has 2 nitrogen and oxygen atoms in total. The molecule has 1 aromatic rings. The molecule has 0 radical (unpaired) electrons. The van der Waals surface area contributed by atoms with Crippen molar-refractivity contribution in [3.05, 3.63) is 30.3 Å². The van der Waals surface area contributed by atoms with Crippen LogP contribution in [0.3, 0.4) is 0 Å². The van der Waals surface area contributed by atoms with Crippen LogP contribution in [0.5, 0.6) is 0 Å². The average Bonchev–Trinajstić information content (AvgIpc) is 2.45. The summed E-state index contributed by atoms with van der Waals surface area (Å²) in [7, 11) is 0. The van der Waals surface area contributed by atoms with Gasteiger partial charge in [0.15, 0.2) is 0 Å². The van der Waals surface area contributed by atoms with E-state index in [4.69, 9.17) is 0 Å². The van der Waals surface area contributed by atoms with E-state index >= 15 is 0 Å². The summed E-state index contributed by atoms with van der Waals surface area (Å²) in [4.78, 5) is 0. The molecule has 96 valence electrons. The first-order valence-electron chi connectivity index (χ1n) is 6.61. The van der Waals surface area contributed by atoms with Crippen molar-refractivity contribution in [2.24, 2.45) is 5.10 Å². The van der Waals surface area contributed by atoms with Crippen LogP contribution in [0.2, 0.25) is 15.8 Å². The van der Waals surface area contributed by atoms with Crippen molar-refractivity contribution in [3.63, 3.8) is 0 Å². The summed E-state index contributed by atoms with van der Waals surface area (Å²) in [6.45, 7) is 6.84. The molecule has 1 N–H and O–H groups in total. The van der Waals surface area contributed by atoms with Crippen molar-refractivity contribution in [1.82, 2.24) is 0 Å². The predicted molar refractivity (Wildman–Crippen MR) is 83.5 cm³/mol. The monoisotopic (exact) mass is 304 g/mol. The number of anilines is 1. The van der Waals surface area contributed by atoms with Crippen LogP contribution in [0.4, 0.5) is 5.69 Å². The molecule has 1 aromatic carbocycles. The molecule has 0 aliphatic carbocycles. The molecular weight excluding hydrogens is 281 g/mol. The van der Waals surface area contributed by atoms with Crippen LogP contribution in [-0.2, 0) is 0 Å². The number of nitrogens with one attached hydrogen (secondary N) is 1. The van der Waals surface area contributed by atoms with Gasteiger partial charge in [-0.05, 0) is 0 Å². The molecule has 3 heteroatoms. The van der Waals surface area contributed by atoms with Gasteiger partial charge in [-0.1, -0.05) is 0 Å². The minimum absolute atomic E-state index is 0.991. The van der Waals surface area contributed by atoms with E-state index in [1.54, 1.807) is 6.21 Å². The Labute approximate surface area is 113 Å². The Morgan fingerprint density at radius 3 is 2.28 bits per heavy atom. The van der Waals surface area contributed by atoms with Gasteiger partial charge in [0.25, 0.3) is 0 Å². The van der Waals surface area contributed by atoms with Gasteiger partial charge in [0.1, 0.15) is 0 Å². The van der Waals surface area contributed by atoms with Crippen molar-refractivity contribution >= 4 is 25.2 Å². The molecule has 0 bridgehead atoms. The maximum absolute atomic E-state index is 4.13.